The summed E-state index contributed by atoms with van der Waals surface area (Å²) in [6.07, 6.45) is -4.98. The lowest BCUT2D eigenvalue weighted by atomic mass is 10.2. The van der Waals surface area contributed by atoms with Gasteiger partial charge < -0.3 is 15.2 Å². The molecule has 2 N–H and O–H groups in total. The van der Waals surface area contributed by atoms with E-state index in [-0.39, 0.29) is 6.61 Å². The summed E-state index contributed by atoms with van der Waals surface area (Å²) >= 11 is 0. The zero-order valence-electron chi connectivity index (χ0n) is 9.61. The first-order valence-corrected chi connectivity index (χ1v) is 4.92. The quantitative estimate of drug-likeness (QED) is 0.841. The van der Waals surface area contributed by atoms with Gasteiger partial charge in [-0.3, -0.25) is 0 Å². The molecule has 102 valence electrons. The number of hydrogen-bond acceptors (Lipinski definition) is 6. The maximum absolute atomic E-state index is 12.1. The third-order valence-electron chi connectivity index (χ3n) is 1.83. The predicted molar refractivity (Wildman–Crippen MR) is 56.0 cm³/mol. The van der Waals surface area contributed by atoms with Gasteiger partial charge >= 0.3 is 12.3 Å². The molecule has 0 saturated heterocycles. The molecule has 9 heteroatoms. The molecule has 1 aromatic heterocycles. The number of alkyl halides is 3. The van der Waals surface area contributed by atoms with Gasteiger partial charge in [-0.15, -0.1) is 13.2 Å². The number of rotatable bonds is 3. The maximum Gasteiger partial charge on any atom is 0.573 e. The van der Waals surface area contributed by atoms with Gasteiger partial charge in [0.05, 0.1) is 12.2 Å². The second-order valence-corrected chi connectivity index (χ2v) is 3.15. The minimum absolute atomic E-state index is 0.0199. The molecule has 0 spiro atoms. The van der Waals surface area contributed by atoms with Crippen molar-refractivity contribution in [3.63, 3.8) is 0 Å². The fourth-order valence-electron chi connectivity index (χ4n) is 1.16. The van der Waals surface area contributed by atoms with Crippen molar-refractivity contribution in [1.82, 2.24) is 4.98 Å². The Balaban J connectivity index is 3.22. The molecule has 1 heterocycles. The summed E-state index contributed by atoms with van der Waals surface area (Å²) in [6.45, 7) is 1.54. The van der Waals surface area contributed by atoms with Crippen LogP contribution in [0.3, 0.4) is 0 Å². The van der Waals surface area contributed by atoms with Crippen LogP contribution < -0.4 is 10.5 Å². The van der Waals surface area contributed by atoms with Crippen LogP contribution in [-0.2, 0) is 4.74 Å². The molecule has 1 rings (SSSR count). The summed E-state index contributed by atoms with van der Waals surface area (Å²) in [5.74, 6) is -2.47. The van der Waals surface area contributed by atoms with Crippen LogP contribution >= 0.6 is 0 Å². The molecule has 0 aromatic carbocycles. The largest absolute Gasteiger partial charge is 0.573 e. The van der Waals surface area contributed by atoms with E-state index in [4.69, 9.17) is 11.0 Å². The first-order chi connectivity index (χ1) is 8.78. The Bertz CT molecular complexity index is 537. The number of pyridine rings is 1. The standard InChI is InChI=1S/C10H8F3N3O3/c1-2-18-9(17)7-5(4-14)3-6(8(15)16-7)19-10(11,12)13/h3H,2H2,1H3,(H2,15,16). The fraction of sp³-hybridized carbons (Fsp3) is 0.300. The third-order valence-corrected chi connectivity index (χ3v) is 1.83. The number of carbonyl (C=O) groups excluding carboxylic acids is 1. The minimum Gasteiger partial charge on any atom is -0.461 e. The smallest absolute Gasteiger partial charge is 0.461 e. The zero-order chi connectivity index (χ0) is 14.6. The van der Waals surface area contributed by atoms with E-state index in [1.807, 2.05) is 0 Å². The van der Waals surface area contributed by atoms with Crippen LogP contribution in [0, 0.1) is 11.3 Å². The van der Waals surface area contributed by atoms with Gasteiger partial charge in [0.25, 0.3) is 0 Å². The summed E-state index contributed by atoms with van der Waals surface area (Å²) < 4.78 is 44.3. The van der Waals surface area contributed by atoms with Crippen molar-refractivity contribution in [2.24, 2.45) is 0 Å². The lowest BCUT2D eigenvalue weighted by molar-refractivity contribution is -0.274. The number of anilines is 1. The molecule has 0 unspecified atom stereocenters. The van der Waals surface area contributed by atoms with Crippen LogP contribution in [0.2, 0.25) is 0 Å². The molecule has 0 fully saturated rings. The Morgan fingerprint density at radius 1 is 1.58 bits per heavy atom. The SMILES string of the molecule is CCOC(=O)c1nc(N)c(OC(F)(F)F)cc1C#N. The van der Waals surface area contributed by atoms with Crippen molar-refractivity contribution in [3.8, 4) is 11.8 Å². The Morgan fingerprint density at radius 3 is 2.68 bits per heavy atom. The summed E-state index contributed by atoms with van der Waals surface area (Å²) in [5.41, 5.74) is 4.35. The normalized spacial score (nSPS) is 10.7. The molecule has 6 nitrogen and oxygen atoms in total. The average Bonchev–Trinajstić information content (AvgIpc) is 2.29. The van der Waals surface area contributed by atoms with E-state index >= 15 is 0 Å². The number of ether oxygens (including phenoxy) is 2. The number of halogens is 3. The van der Waals surface area contributed by atoms with Gasteiger partial charge in [-0.2, -0.15) is 5.26 Å². The van der Waals surface area contributed by atoms with Crippen molar-refractivity contribution >= 4 is 11.8 Å². The van der Waals surface area contributed by atoms with Crippen LogP contribution in [0.1, 0.15) is 23.0 Å². The molecule has 0 aliphatic carbocycles. The lowest BCUT2D eigenvalue weighted by Gasteiger charge is -2.12. The van der Waals surface area contributed by atoms with Crippen LogP contribution in [-0.4, -0.2) is 23.9 Å². The van der Waals surface area contributed by atoms with Gasteiger partial charge in [0, 0.05) is 6.07 Å². The number of hydrogen-bond donors (Lipinski definition) is 1. The Labute approximate surface area is 105 Å². The van der Waals surface area contributed by atoms with E-state index in [9.17, 15) is 18.0 Å². The molecule has 0 atom stereocenters. The molecule has 0 aliphatic heterocycles. The Hall–Kier alpha value is -2.50. The van der Waals surface area contributed by atoms with Crippen LogP contribution in [0.25, 0.3) is 0 Å². The minimum atomic E-state index is -4.98. The van der Waals surface area contributed by atoms with E-state index in [0.29, 0.717) is 6.07 Å². The highest BCUT2D eigenvalue weighted by molar-refractivity contribution is 5.91. The van der Waals surface area contributed by atoms with Gasteiger partial charge in [-0.05, 0) is 6.92 Å². The van der Waals surface area contributed by atoms with Crippen molar-refractivity contribution < 1.29 is 27.4 Å². The topological polar surface area (TPSA) is 98.2 Å². The van der Waals surface area contributed by atoms with Crippen LogP contribution in [0.4, 0.5) is 19.0 Å². The second kappa shape index (κ2) is 5.43. The Morgan fingerprint density at radius 2 is 2.21 bits per heavy atom. The van der Waals surface area contributed by atoms with Crippen molar-refractivity contribution in [3.05, 3.63) is 17.3 Å². The van der Waals surface area contributed by atoms with Gasteiger partial charge in [-0.25, -0.2) is 9.78 Å². The number of nitrogens with zero attached hydrogens (tertiary/aromatic N) is 2. The molecule has 0 saturated carbocycles. The maximum atomic E-state index is 12.1. The van der Waals surface area contributed by atoms with Gasteiger partial charge in [-0.1, -0.05) is 0 Å². The highest BCUT2D eigenvalue weighted by atomic mass is 19.4. The number of nitriles is 1. The zero-order valence-corrected chi connectivity index (χ0v) is 9.61. The monoisotopic (exact) mass is 275 g/mol. The van der Waals surface area contributed by atoms with Gasteiger partial charge in [0.15, 0.2) is 17.3 Å². The molecule has 0 amide bonds. The number of aromatic nitrogens is 1. The van der Waals surface area contributed by atoms with E-state index in [0.717, 1.165) is 0 Å². The molecule has 0 bridgehead atoms. The second-order valence-electron chi connectivity index (χ2n) is 3.15. The molecule has 0 aliphatic rings. The molecule has 19 heavy (non-hydrogen) atoms. The molecule has 0 radical (unpaired) electrons. The summed E-state index contributed by atoms with van der Waals surface area (Å²) in [5, 5.41) is 8.77. The number of nitrogens with two attached hydrogens (primary N) is 1. The molecular weight excluding hydrogens is 267 g/mol. The highest BCUT2D eigenvalue weighted by Crippen LogP contribution is 2.29. The summed E-state index contributed by atoms with van der Waals surface area (Å²) in [6, 6.07) is 2.20. The summed E-state index contributed by atoms with van der Waals surface area (Å²) in [4.78, 5) is 14.8. The highest BCUT2D eigenvalue weighted by Gasteiger charge is 2.33. The van der Waals surface area contributed by atoms with Crippen LogP contribution in [0.5, 0.6) is 5.75 Å². The van der Waals surface area contributed by atoms with E-state index in [1.54, 1.807) is 0 Å². The summed E-state index contributed by atoms with van der Waals surface area (Å²) in [7, 11) is 0. The fourth-order valence-corrected chi connectivity index (χ4v) is 1.16. The van der Waals surface area contributed by atoms with E-state index in [2.05, 4.69) is 14.5 Å². The average molecular weight is 275 g/mol. The Kier molecular flexibility index (Phi) is 4.16. The number of esters is 1. The predicted octanol–water partition coefficient (Wildman–Crippen LogP) is 1.61. The molecular formula is C10H8F3N3O3. The first kappa shape index (κ1) is 14.6. The third kappa shape index (κ3) is 3.74. The van der Waals surface area contributed by atoms with Gasteiger partial charge in [0.2, 0.25) is 0 Å². The van der Waals surface area contributed by atoms with Crippen molar-refractivity contribution in [2.45, 2.75) is 13.3 Å². The van der Waals surface area contributed by atoms with Crippen LogP contribution in [0.15, 0.2) is 6.07 Å². The first-order valence-electron chi connectivity index (χ1n) is 4.92. The lowest BCUT2D eigenvalue weighted by Crippen LogP contribution is -2.19. The van der Waals surface area contributed by atoms with Crippen molar-refractivity contribution in [1.29, 1.82) is 5.26 Å². The van der Waals surface area contributed by atoms with E-state index < -0.39 is 35.2 Å². The number of carbonyl (C=O) groups is 1. The molecule has 1 aromatic rings. The van der Waals surface area contributed by atoms with Gasteiger partial charge in [0.1, 0.15) is 6.07 Å². The number of nitrogen functional groups attached to an aromatic ring is 1. The van der Waals surface area contributed by atoms with Crippen molar-refractivity contribution in [2.75, 3.05) is 12.3 Å². The van der Waals surface area contributed by atoms with E-state index in [1.165, 1.54) is 13.0 Å².